The maximum atomic E-state index is 13.3. The molecule has 7 rings (SSSR count). The third-order valence-electron chi connectivity index (χ3n) is 12.5. The van der Waals surface area contributed by atoms with Crippen LogP contribution in [0.25, 0.3) is 11.0 Å². The number of carbonyl (C=O) groups excluding carboxylic acids is 2. The predicted octanol–water partition coefficient (Wildman–Crippen LogP) is 7.71. The lowest BCUT2D eigenvalue weighted by molar-refractivity contribution is -0.164. The number of benzene rings is 2. The molecule has 14 heteroatoms. The van der Waals surface area contributed by atoms with Crippen LogP contribution in [0.5, 0.6) is 11.5 Å². The first kappa shape index (κ1) is 45.1. The molecule has 0 radical (unpaired) electrons. The van der Waals surface area contributed by atoms with E-state index in [4.69, 9.17) is 21.1 Å². The Bertz CT molecular complexity index is 2490. The molecule has 3 aromatic heterocycles. The van der Waals surface area contributed by atoms with E-state index in [1.165, 1.54) is 0 Å². The van der Waals surface area contributed by atoms with E-state index in [0.717, 1.165) is 86.3 Å². The number of rotatable bonds is 17. The third-order valence-corrected chi connectivity index (χ3v) is 12.8. The van der Waals surface area contributed by atoms with Gasteiger partial charge < -0.3 is 30.0 Å². The number of anilines is 1. The van der Waals surface area contributed by atoms with Gasteiger partial charge in [-0.25, -0.2) is 4.98 Å². The SMILES string of the molecule is CCc1cc2ncc(CN3CCN(c4ccc(C(=O)NCCCCCCOc5ccc(C(=O)NC6C(C)(C)C(Oc7ccc(C#N)c(Cl)c7)C6(C)C)cc5)nc4)CC3)cc2[nH]c1=O. The quantitative estimate of drug-likeness (QED) is 0.0789. The van der Waals surface area contributed by atoms with Crippen molar-refractivity contribution in [3.05, 3.63) is 122 Å². The number of aromatic nitrogens is 3. The van der Waals surface area contributed by atoms with Crippen LogP contribution >= 0.6 is 11.6 Å². The lowest BCUT2D eigenvalue weighted by Gasteiger charge is -2.63. The van der Waals surface area contributed by atoms with Gasteiger partial charge >= 0.3 is 0 Å². The second-order valence-corrected chi connectivity index (χ2v) is 18.2. The van der Waals surface area contributed by atoms with Crippen molar-refractivity contribution in [3.8, 4) is 17.6 Å². The molecule has 63 heavy (non-hydrogen) atoms. The average Bonchev–Trinajstić information content (AvgIpc) is 3.28. The fourth-order valence-electron chi connectivity index (χ4n) is 9.22. The number of nitriles is 1. The number of ether oxygens (including phenoxy) is 2. The summed E-state index contributed by atoms with van der Waals surface area (Å²) in [6.07, 6.45) is 7.82. The molecule has 2 fully saturated rings. The van der Waals surface area contributed by atoms with Crippen molar-refractivity contribution < 1.29 is 19.1 Å². The highest BCUT2D eigenvalue weighted by atomic mass is 35.5. The molecule has 2 aromatic carbocycles. The number of halogens is 1. The predicted molar refractivity (Wildman–Crippen MR) is 246 cm³/mol. The number of amides is 2. The Labute approximate surface area is 374 Å². The number of carbonyl (C=O) groups is 2. The molecule has 4 heterocycles. The number of pyridine rings is 3. The Kier molecular flexibility index (Phi) is 14.0. The van der Waals surface area contributed by atoms with Crippen LogP contribution < -0.4 is 30.6 Å². The zero-order valence-electron chi connectivity index (χ0n) is 36.8. The van der Waals surface area contributed by atoms with Gasteiger partial charge in [0.15, 0.2) is 0 Å². The van der Waals surface area contributed by atoms with Crippen molar-refractivity contribution in [2.24, 2.45) is 10.8 Å². The zero-order valence-corrected chi connectivity index (χ0v) is 37.6. The number of hydrogen-bond donors (Lipinski definition) is 3. The van der Waals surface area contributed by atoms with Gasteiger partial charge in [0.2, 0.25) is 0 Å². The normalized spacial score (nSPS) is 18.0. The maximum absolute atomic E-state index is 13.3. The second kappa shape index (κ2) is 19.6. The van der Waals surface area contributed by atoms with E-state index in [9.17, 15) is 19.6 Å². The summed E-state index contributed by atoms with van der Waals surface area (Å²) in [4.78, 5) is 55.1. The summed E-state index contributed by atoms with van der Waals surface area (Å²) >= 11 is 6.23. The summed E-state index contributed by atoms with van der Waals surface area (Å²) in [6, 6.07) is 21.8. The lowest BCUT2D eigenvalue weighted by atomic mass is 9.49. The molecule has 0 atom stereocenters. The number of piperazine rings is 1. The number of nitrogens with zero attached hydrogens (tertiary/aromatic N) is 5. The van der Waals surface area contributed by atoms with Gasteiger partial charge in [-0.2, -0.15) is 5.26 Å². The average molecular weight is 873 g/mol. The highest BCUT2D eigenvalue weighted by molar-refractivity contribution is 6.31. The summed E-state index contributed by atoms with van der Waals surface area (Å²) in [5, 5.41) is 15.8. The van der Waals surface area contributed by atoms with Gasteiger partial charge in [0, 0.05) is 79.5 Å². The van der Waals surface area contributed by atoms with Gasteiger partial charge in [-0.05, 0) is 85.5 Å². The molecule has 2 amide bonds. The smallest absolute Gasteiger partial charge is 0.269 e. The van der Waals surface area contributed by atoms with Crippen molar-refractivity contribution in [1.29, 1.82) is 5.26 Å². The topological polar surface area (TPSA) is 166 Å². The molecule has 1 saturated heterocycles. The van der Waals surface area contributed by atoms with E-state index in [1.54, 1.807) is 42.6 Å². The van der Waals surface area contributed by atoms with Gasteiger partial charge in [0.25, 0.3) is 17.4 Å². The van der Waals surface area contributed by atoms with E-state index < -0.39 is 0 Å². The number of nitrogens with one attached hydrogen (secondary N) is 3. The highest BCUT2D eigenvalue weighted by Gasteiger charge is 2.64. The number of hydrogen-bond acceptors (Lipinski definition) is 10. The van der Waals surface area contributed by atoms with Crippen LogP contribution in [0.2, 0.25) is 5.02 Å². The first-order chi connectivity index (χ1) is 30.3. The molecule has 3 N–H and O–H groups in total. The van der Waals surface area contributed by atoms with Crippen LogP contribution in [0.3, 0.4) is 0 Å². The number of fused-ring (bicyclic) bond motifs is 1. The molecule has 0 bridgehead atoms. The number of aromatic amines is 1. The fraction of sp³-hybridized carbons (Fsp3) is 0.429. The molecule has 0 unspecified atom stereocenters. The Morgan fingerprint density at radius 3 is 2.30 bits per heavy atom. The summed E-state index contributed by atoms with van der Waals surface area (Å²) in [7, 11) is 0. The highest BCUT2D eigenvalue weighted by Crippen LogP contribution is 2.55. The monoisotopic (exact) mass is 872 g/mol. The van der Waals surface area contributed by atoms with Gasteiger partial charge in [-0.15, -0.1) is 0 Å². The number of aryl methyl sites for hydroxylation is 1. The molecular weight excluding hydrogens is 816 g/mol. The molecule has 1 aliphatic heterocycles. The van der Waals surface area contributed by atoms with Crippen molar-refractivity contribution in [3.63, 3.8) is 0 Å². The minimum absolute atomic E-state index is 0.0501. The van der Waals surface area contributed by atoms with Gasteiger partial charge in [-0.3, -0.25) is 24.3 Å². The molecule has 2 aliphatic rings. The molecule has 1 saturated carbocycles. The third kappa shape index (κ3) is 10.5. The van der Waals surface area contributed by atoms with Gasteiger partial charge in [0.1, 0.15) is 29.4 Å². The van der Waals surface area contributed by atoms with Crippen LogP contribution in [0.1, 0.15) is 97.8 Å². The Morgan fingerprint density at radius 2 is 1.62 bits per heavy atom. The largest absolute Gasteiger partial charge is 0.494 e. The summed E-state index contributed by atoms with van der Waals surface area (Å²) in [6.45, 7) is 15.6. The minimum atomic E-state index is -0.359. The lowest BCUT2D eigenvalue weighted by Crippen LogP contribution is -2.74. The molecule has 0 spiro atoms. The van der Waals surface area contributed by atoms with Crippen LogP contribution in [-0.2, 0) is 13.0 Å². The first-order valence-electron chi connectivity index (χ1n) is 21.9. The van der Waals surface area contributed by atoms with E-state index in [0.29, 0.717) is 52.9 Å². The van der Waals surface area contributed by atoms with Crippen LogP contribution in [0.15, 0.2) is 83.9 Å². The van der Waals surface area contributed by atoms with Crippen LogP contribution in [0.4, 0.5) is 5.69 Å². The number of H-pyrrole nitrogens is 1. The number of unbranched alkanes of at least 4 members (excludes halogenated alkanes) is 3. The van der Waals surface area contributed by atoms with Crippen molar-refractivity contribution >= 4 is 40.1 Å². The molecule has 5 aromatic rings. The summed E-state index contributed by atoms with van der Waals surface area (Å²) in [5.74, 6) is 0.969. The molecule has 330 valence electrons. The maximum Gasteiger partial charge on any atom is 0.269 e. The standard InChI is InChI=1S/C49H57ClN8O5/c1-6-33-26-41-42(55-43(33)59)25-32(29-53-41)31-57-20-22-58(23-21-57)36-14-18-40(54-30-36)45(61)52-19-9-7-8-10-24-62-37-15-11-34(12-16-37)44(60)56-46-48(2,3)47(49(46,4)5)63-38-17-13-35(28-51)39(50)27-38/h11-18,25-27,29-30,46-47H,6-10,19-24,31H2,1-5H3,(H,52,61)(H,55,59)(H,56,60). The Balaban J connectivity index is 0.754. The van der Waals surface area contributed by atoms with Crippen molar-refractivity contribution in [2.75, 3.05) is 44.2 Å². The van der Waals surface area contributed by atoms with Crippen molar-refractivity contribution in [1.82, 2.24) is 30.5 Å². The fourth-order valence-corrected chi connectivity index (χ4v) is 9.43. The second-order valence-electron chi connectivity index (χ2n) is 17.8. The first-order valence-corrected chi connectivity index (χ1v) is 22.3. The van der Waals surface area contributed by atoms with Gasteiger partial charge in [-0.1, -0.05) is 59.1 Å². The van der Waals surface area contributed by atoms with Gasteiger partial charge in [0.05, 0.1) is 40.1 Å². The van der Waals surface area contributed by atoms with E-state index in [2.05, 4.69) is 69.1 Å². The Hall–Kier alpha value is -5.97. The minimum Gasteiger partial charge on any atom is -0.494 e. The van der Waals surface area contributed by atoms with Crippen LogP contribution in [-0.4, -0.2) is 83.1 Å². The molecule has 13 nitrogen and oxygen atoms in total. The Morgan fingerprint density at radius 1 is 0.889 bits per heavy atom. The van der Waals surface area contributed by atoms with Crippen molar-refractivity contribution in [2.45, 2.75) is 85.4 Å². The van der Waals surface area contributed by atoms with Crippen LogP contribution in [0, 0.1) is 22.2 Å². The molecular formula is C49H57ClN8O5. The van der Waals surface area contributed by atoms with E-state index >= 15 is 0 Å². The van der Waals surface area contributed by atoms with E-state index in [1.807, 2.05) is 43.5 Å². The zero-order chi connectivity index (χ0) is 44.7. The summed E-state index contributed by atoms with van der Waals surface area (Å²) in [5.41, 5.74) is 4.98. The molecule has 1 aliphatic carbocycles. The summed E-state index contributed by atoms with van der Waals surface area (Å²) < 4.78 is 12.3. The van der Waals surface area contributed by atoms with E-state index in [-0.39, 0.29) is 40.3 Å².